The van der Waals surface area contributed by atoms with E-state index < -0.39 is 11.0 Å². The zero-order valence-corrected chi connectivity index (χ0v) is 13.9. The lowest BCUT2D eigenvalue weighted by atomic mass is 10.2. The third-order valence-corrected chi connectivity index (χ3v) is 4.10. The van der Waals surface area contributed by atoms with E-state index in [9.17, 15) is 14.9 Å². The number of nitrogens with zero attached hydrogens (tertiary/aromatic N) is 4. The molecule has 0 unspecified atom stereocenters. The summed E-state index contributed by atoms with van der Waals surface area (Å²) in [5.74, 6) is -0.159. The Balaban J connectivity index is 1.87. The number of rotatable bonds is 4. The van der Waals surface area contributed by atoms with Crippen LogP contribution in [0.5, 0.6) is 0 Å². The molecule has 1 aliphatic heterocycles. The molecule has 1 atom stereocenters. The topological polar surface area (TPSA) is 78.8 Å². The highest BCUT2D eigenvalue weighted by molar-refractivity contribution is 6.15. The first-order valence-electron chi connectivity index (χ1n) is 7.73. The number of para-hydroxylation sites is 1. The minimum absolute atomic E-state index is 0.00886. The van der Waals surface area contributed by atoms with Crippen LogP contribution >= 0.6 is 0 Å². The van der Waals surface area contributed by atoms with E-state index >= 15 is 0 Å². The fourth-order valence-electron chi connectivity index (χ4n) is 2.70. The molecule has 2 aromatic carbocycles. The van der Waals surface area contributed by atoms with Gasteiger partial charge in [-0.1, -0.05) is 35.3 Å². The predicted molar refractivity (Wildman–Crippen MR) is 95.3 cm³/mol. The minimum Gasteiger partial charge on any atom is -0.268 e. The molecule has 126 valence electrons. The minimum atomic E-state index is -0.649. The summed E-state index contributed by atoms with van der Waals surface area (Å²) < 4.78 is 1.77. The molecule has 7 nitrogen and oxygen atoms in total. The molecule has 2 aromatic rings. The van der Waals surface area contributed by atoms with Crippen molar-refractivity contribution in [1.29, 1.82) is 0 Å². The Morgan fingerprint density at radius 1 is 1.20 bits per heavy atom. The van der Waals surface area contributed by atoms with Crippen molar-refractivity contribution in [1.82, 2.24) is 0 Å². The van der Waals surface area contributed by atoms with Crippen LogP contribution in [0.25, 0.3) is 0 Å². The number of nitro benzene ring substituents is 1. The Hall–Kier alpha value is -3.35. The number of anilines is 1. The van der Waals surface area contributed by atoms with Gasteiger partial charge in [0.05, 0.1) is 4.92 Å². The van der Waals surface area contributed by atoms with Gasteiger partial charge in [-0.25, -0.2) is 0 Å². The van der Waals surface area contributed by atoms with Crippen molar-refractivity contribution >= 4 is 29.2 Å². The quantitative estimate of drug-likeness (QED) is 0.372. The van der Waals surface area contributed by atoms with Gasteiger partial charge in [0.15, 0.2) is 7.05 Å². The van der Waals surface area contributed by atoms with Crippen molar-refractivity contribution in [2.45, 2.75) is 13.0 Å². The second-order valence-corrected chi connectivity index (χ2v) is 5.68. The lowest BCUT2D eigenvalue weighted by Gasteiger charge is -2.10. The molecule has 0 aliphatic carbocycles. The van der Waals surface area contributed by atoms with E-state index in [2.05, 4.69) is 4.99 Å². The van der Waals surface area contributed by atoms with Crippen molar-refractivity contribution in [2.24, 2.45) is 4.99 Å². The summed E-state index contributed by atoms with van der Waals surface area (Å²) in [6, 6.07) is 14.8. The van der Waals surface area contributed by atoms with Crippen LogP contribution in [-0.4, -0.2) is 40.5 Å². The SMILES string of the molecule is CC1=[N+](C)N(c2ccccc2)C(=O)[C@@H]1N=Cc1cccc([N+](=O)[O-])c1. The number of amides is 1. The van der Waals surface area contributed by atoms with Crippen molar-refractivity contribution in [3.63, 3.8) is 0 Å². The Kier molecular flexibility index (Phi) is 4.38. The molecule has 1 heterocycles. The molecule has 0 spiro atoms. The molecule has 0 N–H and O–H groups in total. The molecule has 1 aliphatic rings. The second kappa shape index (κ2) is 6.64. The summed E-state index contributed by atoms with van der Waals surface area (Å²) >= 11 is 0. The van der Waals surface area contributed by atoms with Gasteiger partial charge in [-0.05, 0) is 17.7 Å². The number of carbonyl (C=O) groups excluding carboxylic acids is 1. The number of nitro groups is 1. The molecule has 0 aromatic heterocycles. The van der Waals surface area contributed by atoms with E-state index in [0.717, 1.165) is 11.4 Å². The summed E-state index contributed by atoms with van der Waals surface area (Å²) in [4.78, 5) is 27.5. The number of benzene rings is 2. The average Bonchev–Trinajstić information content (AvgIpc) is 2.83. The zero-order valence-electron chi connectivity index (χ0n) is 13.9. The Morgan fingerprint density at radius 3 is 2.60 bits per heavy atom. The highest BCUT2D eigenvalue weighted by Gasteiger charge is 2.44. The fraction of sp³-hybridized carbons (Fsp3) is 0.167. The summed E-state index contributed by atoms with van der Waals surface area (Å²) in [5.41, 5.74) is 2.12. The van der Waals surface area contributed by atoms with Crippen LogP contribution in [0.1, 0.15) is 12.5 Å². The molecular weight excluding hydrogens is 320 g/mol. The molecule has 1 amide bonds. The van der Waals surface area contributed by atoms with Gasteiger partial charge in [-0.15, -0.1) is 4.68 Å². The van der Waals surface area contributed by atoms with Gasteiger partial charge in [0.2, 0.25) is 11.8 Å². The lowest BCUT2D eigenvalue weighted by Crippen LogP contribution is -2.35. The van der Waals surface area contributed by atoms with Crippen molar-refractivity contribution < 1.29 is 14.4 Å². The fourth-order valence-corrected chi connectivity index (χ4v) is 2.70. The van der Waals surface area contributed by atoms with Crippen LogP contribution in [0.3, 0.4) is 0 Å². The predicted octanol–water partition coefficient (Wildman–Crippen LogP) is 2.45. The number of hydrazone groups is 1. The summed E-state index contributed by atoms with van der Waals surface area (Å²) in [5, 5.41) is 12.4. The van der Waals surface area contributed by atoms with Crippen molar-refractivity contribution in [2.75, 3.05) is 12.1 Å². The summed E-state index contributed by atoms with van der Waals surface area (Å²) in [7, 11) is 1.81. The molecule has 25 heavy (non-hydrogen) atoms. The monoisotopic (exact) mass is 337 g/mol. The maximum absolute atomic E-state index is 12.8. The van der Waals surface area contributed by atoms with E-state index in [1.54, 1.807) is 21.8 Å². The highest BCUT2D eigenvalue weighted by atomic mass is 16.6. The molecule has 0 bridgehead atoms. The van der Waals surface area contributed by atoms with E-state index in [0.29, 0.717) is 5.56 Å². The highest BCUT2D eigenvalue weighted by Crippen LogP contribution is 2.21. The van der Waals surface area contributed by atoms with Crippen molar-refractivity contribution in [3.8, 4) is 0 Å². The van der Waals surface area contributed by atoms with Crippen LogP contribution in [0.2, 0.25) is 0 Å². The third-order valence-electron chi connectivity index (χ3n) is 4.10. The maximum Gasteiger partial charge on any atom is 0.318 e. The molecule has 7 heteroatoms. The normalized spacial score (nSPS) is 17.6. The number of hydrogen-bond acceptors (Lipinski definition) is 4. The molecule has 3 rings (SSSR count). The van der Waals surface area contributed by atoms with E-state index in [1.807, 2.05) is 44.3 Å². The van der Waals surface area contributed by atoms with Gasteiger partial charge in [-0.2, -0.15) is 0 Å². The first-order chi connectivity index (χ1) is 12.0. The Bertz CT molecular complexity index is 890. The van der Waals surface area contributed by atoms with Crippen LogP contribution in [-0.2, 0) is 4.79 Å². The average molecular weight is 337 g/mol. The second-order valence-electron chi connectivity index (χ2n) is 5.68. The smallest absolute Gasteiger partial charge is 0.268 e. The Labute approximate surface area is 144 Å². The molecular formula is C18H17N4O3+. The lowest BCUT2D eigenvalue weighted by molar-refractivity contribution is -0.495. The molecule has 0 fully saturated rings. The molecule has 0 saturated carbocycles. The number of hydrazine groups is 1. The van der Waals surface area contributed by atoms with E-state index in [-0.39, 0.29) is 11.6 Å². The number of carbonyl (C=O) groups is 1. The van der Waals surface area contributed by atoms with Crippen LogP contribution in [0, 0.1) is 10.1 Å². The largest absolute Gasteiger partial charge is 0.318 e. The van der Waals surface area contributed by atoms with Gasteiger partial charge < -0.3 is 0 Å². The molecule has 0 radical (unpaired) electrons. The van der Waals surface area contributed by atoms with E-state index in [1.165, 1.54) is 18.3 Å². The van der Waals surface area contributed by atoms with Crippen molar-refractivity contribution in [3.05, 3.63) is 70.3 Å². The molecule has 0 saturated heterocycles. The van der Waals surface area contributed by atoms with E-state index in [4.69, 9.17) is 0 Å². The van der Waals surface area contributed by atoms with Crippen LogP contribution in [0.4, 0.5) is 11.4 Å². The zero-order chi connectivity index (χ0) is 18.0. The van der Waals surface area contributed by atoms with Gasteiger partial charge in [0, 0.05) is 25.3 Å². The number of aliphatic imine (C=N–C) groups is 1. The summed E-state index contributed by atoms with van der Waals surface area (Å²) in [6.07, 6.45) is 1.50. The first-order valence-corrected chi connectivity index (χ1v) is 7.73. The van der Waals surface area contributed by atoms with Gasteiger partial charge in [0.1, 0.15) is 5.69 Å². The van der Waals surface area contributed by atoms with Gasteiger partial charge in [0.25, 0.3) is 5.69 Å². The Morgan fingerprint density at radius 2 is 1.92 bits per heavy atom. The standard InChI is InChI=1S/C18H17N4O3/c1-13-17(19-12-14-7-6-10-16(11-14)22(24)25)18(23)21(20(13)2)15-8-4-3-5-9-15/h3-12,17H,1-2H3/q+1/t17-/m1/s1. The van der Waals surface area contributed by atoms with Gasteiger partial charge >= 0.3 is 5.91 Å². The van der Waals surface area contributed by atoms with Crippen LogP contribution in [0.15, 0.2) is 59.6 Å². The summed E-state index contributed by atoms with van der Waals surface area (Å²) in [6.45, 7) is 1.84. The maximum atomic E-state index is 12.8. The number of hydrogen-bond donors (Lipinski definition) is 0. The van der Waals surface area contributed by atoms with Gasteiger partial charge in [-0.3, -0.25) is 19.9 Å². The third kappa shape index (κ3) is 3.16. The number of non-ortho nitro benzene ring substituents is 1. The first kappa shape index (κ1) is 16.5. The van der Waals surface area contributed by atoms with Crippen LogP contribution < -0.4 is 5.01 Å².